The molecule has 1 N–H and O–H groups in total. The molecule has 0 aliphatic heterocycles. The van der Waals surface area contributed by atoms with Crippen LogP contribution in [0.4, 0.5) is 0 Å². The van der Waals surface area contributed by atoms with Crippen molar-refractivity contribution in [3.05, 3.63) is 29.4 Å². The molecule has 5 heteroatoms. The van der Waals surface area contributed by atoms with E-state index in [9.17, 15) is 4.79 Å². The molecule has 0 saturated carbocycles. The monoisotopic (exact) mass is 208 g/mol. The van der Waals surface area contributed by atoms with Gasteiger partial charge in [0.2, 0.25) is 0 Å². The summed E-state index contributed by atoms with van der Waals surface area (Å²) in [5, 5.41) is 8.33. The zero-order chi connectivity index (χ0) is 9.97. The van der Waals surface area contributed by atoms with E-state index in [-0.39, 0.29) is 5.97 Å². The summed E-state index contributed by atoms with van der Waals surface area (Å²) in [4.78, 5) is 12.2. The number of H-pyrrole nitrogens is 1. The molecular formula is C9H8N2O2S. The van der Waals surface area contributed by atoms with Gasteiger partial charge in [-0.3, -0.25) is 5.10 Å². The van der Waals surface area contributed by atoms with Crippen molar-refractivity contribution >= 4 is 17.3 Å². The third-order valence-corrected chi connectivity index (χ3v) is 2.78. The molecule has 0 fully saturated rings. The van der Waals surface area contributed by atoms with Crippen LogP contribution in [-0.4, -0.2) is 23.3 Å². The molecule has 0 aromatic carbocycles. The van der Waals surface area contributed by atoms with Crippen LogP contribution in [0, 0.1) is 0 Å². The topological polar surface area (TPSA) is 55.0 Å². The third kappa shape index (κ3) is 1.54. The lowest BCUT2D eigenvalue weighted by Crippen LogP contribution is -1.97. The SMILES string of the molecule is COC(=O)c1csc(-c2cn[nH]c2)c1. The van der Waals surface area contributed by atoms with Crippen molar-refractivity contribution in [2.24, 2.45) is 0 Å². The van der Waals surface area contributed by atoms with Crippen LogP contribution in [0.15, 0.2) is 23.8 Å². The lowest BCUT2D eigenvalue weighted by molar-refractivity contribution is 0.0601. The molecule has 0 spiro atoms. The lowest BCUT2D eigenvalue weighted by atomic mass is 10.2. The zero-order valence-corrected chi connectivity index (χ0v) is 8.30. The van der Waals surface area contributed by atoms with Gasteiger partial charge in [0.15, 0.2) is 0 Å². The minimum atomic E-state index is -0.309. The van der Waals surface area contributed by atoms with Gasteiger partial charge in [-0.05, 0) is 6.07 Å². The number of carbonyl (C=O) groups is 1. The van der Waals surface area contributed by atoms with Gasteiger partial charge in [0.25, 0.3) is 0 Å². The zero-order valence-electron chi connectivity index (χ0n) is 7.48. The fourth-order valence-electron chi connectivity index (χ4n) is 1.10. The number of ether oxygens (including phenoxy) is 1. The normalized spacial score (nSPS) is 10.1. The van der Waals surface area contributed by atoms with Crippen LogP contribution in [0.3, 0.4) is 0 Å². The highest BCUT2D eigenvalue weighted by Crippen LogP contribution is 2.26. The molecule has 0 aliphatic carbocycles. The summed E-state index contributed by atoms with van der Waals surface area (Å²) in [6.45, 7) is 0. The minimum Gasteiger partial charge on any atom is -0.465 e. The van der Waals surface area contributed by atoms with Gasteiger partial charge in [-0.1, -0.05) is 0 Å². The van der Waals surface area contributed by atoms with E-state index in [1.165, 1.54) is 18.4 Å². The van der Waals surface area contributed by atoms with E-state index in [4.69, 9.17) is 0 Å². The summed E-state index contributed by atoms with van der Waals surface area (Å²) in [7, 11) is 1.37. The Morgan fingerprint density at radius 2 is 2.50 bits per heavy atom. The number of esters is 1. The van der Waals surface area contributed by atoms with Crippen molar-refractivity contribution in [1.82, 2.24) is 10.2 Å². The number of thiophene rings is 1. The average Bonchev–Trinajstić information content (AvgIpc) is 2.86. The Balaban J connectivity index is 2.31. The van der Waals surface area contributed by atoms with Crippen molar-refractivity contribution in [3.8, 4) is 10.4 Å². The molecule has 0 unspecified atom stereocenters. The molecule has 0 saturated heterocycles. The number of aromatic amines is 1. The van der Waals surface area contributed by atoms with Gasteiger partial charge in [-0.25, -0.2) is 4.79 Å². The van der Waals surface area contributed by atoms with E-state index in [1.54, 1.807) is 23.8 Å². The van der Waals surface area contributed by atoms with Crippen LogP contribution in [0.1, 0.15) is 10.4 Å². The Kier molecular flexibility index (Phi) is 2.32. The van der Waals surface area contributed by atoms with Crippen molar-refractivity contribution < 1.29 is 9.53 Å². The number of hydrogen-bond acceptors (Lipinski definition) is 4. The molecule has 2 aromatic heterocycles. The van der Waals surface area contributed by atoms with E-state index in [2.05, 4.69) is 14.9 Å². The quantitative estimate of drug-likeness (QED) is 0.767. The Bertz CT molecular complexity index is 433. The van der Waals surface area contributed by atoms with Crippen molar-refractivity contribution in [1.29, 1.82) is 0 Å². The molecule has 0 bridgehead atoms. The van der Waals surface area contributed by atoms with Gasteiger partial charge >= 0.3 is 5.97 Å². The fourth-order valence-corrected chi connectivity index (χ4v) is 1.96. The predicted octanol–water partition coefficient (Wildman–Crippen LogP) is 1.92. The first-order chi connectivity index (χ1) is 6.81. The highest BCUT2D eigenvalue weighted by molar-refractivity contribution is 7.13. The second-order valence-corrected chi connectivity index (χ2v) is 3.59. The molecule has 0 aliphatic rings. The Labute approximate surface area is 84.5 Å². The smallest absolute Gasteiger partial charge is 0.338 e. The van der Waals surface area contributed by atoms with E-state index >= 15 is 0 Å². The number of aromatic nitrogens is 2. The van der Waals surface area contributed by atoms with E-state index < -0.39 is 0 Å². The second kappa shape index (κ2) is 3.63. The fraction of sp³-hybridized carbons (Fsp3) is 0.111. The maximum Gasteiger partial charge on any atom is 0.338 e. The average molecular weight is 208 g/mol. The largest absolute Gasteiger partial charge is 0.465 e. The summed E-state index contributed by atoms with van der Waals surface area (Å²) in [5.41, 5.74) is 1.55. The Morgan fingerprint density at radius 3 is 3.14 bits per heavy atom. The highest BCUT2D eigenvalue weighted by Gasteiger charge is 2.09. The van der Waals surface area contributed by atoms with Crippen LogP contribution in [0.25, 0.3) is 10.4 Å². The molecule has 72 valence electrons. The molecule has 4 nitrogen and oxygen atoms in total. The maximum absolute atomic E-state index is 11.2. The van der Waals surface area contributed by atoms with Crippen molar-refractivity contribution in [2.45, 2.75) is 0 Å². The molecule has 2 heterocycles. The molecule has 14 heavy (non-hydrogen) atoms. The Morgan fingerprint density at radius 1 is 1.64 bits per heavy atom. The molecule has 0 amide bonds. The van der Waals surface area contributed by atoms with E-state index in [1.807, 2.05) is 0 Å². The lowest BCUT2D eigenvalue weighted by Gasteiger charge is -1.91. The van der Waals surface area contributed by atoms with Crippen molar-refractivity contribution in [2.75, 3.05) is 7.11 Å². The van der Waals surface area contributed by atoms with Crippen LogP contribution < -0.4 is 0 Å². The summed E-state index contributed by atoms with van der Waals surface area (Å²) in [5.74, 6) is -0.309. The predicted molar refractivity (Wildman–Crippen MR) is 53.2 cm³/mol. The molecule has 0 atom stereocenters. The summed E-state index contributed by atoms with van der Waals surface area (Å²) >= 11 is 1.49. The van der Waals surface area contributed by atoms with Gasteiger partial charge in [-0.15, -0.1) is 11.3 Å². The molecule has 2 aromatic rings. The minimum absolute atomic E-state index is 0.309. The number of nitrogens with one attached hydrogen (secondary N) is 1. The van der Waals surface area contributed by atoms with E-state index in [0.29, 0.717) is 5.56 Å². The van der Waals surface area contributed by atoms with Crippen LogP contribution in [0.2, 0.25) is 0 Å². The van der Waals surface area contributed by atoms with E-state index in [0.717, 1.165) is 10.4 Å². The van der Waals surface area contributed by atoms with Gasteiger partial charge in [-0.2, -0.15) is 5.10 Å². The van der Waals surface area contributed by atoms with Gasteiger partial charge in [0.1, 0.15) is 0 Å². The van der Waals surface area contributed by atoms with Crippen LogP contribution in [-0.2, 0) is 4.74 Å². The van der Waals surface area contributed by atoms with Gasteiger partial charge in [0, 0.05) is 22.0 Å². The molecule has 0 radical (unpaired) electrons. The summed E-state index contributed by atoms with van der Waals surface area (Å²) < 4.78 is 4.61. The Hall–Kier alpha value is -1.62. The summed E-state index contributed by atoms with van der Waals surface area (Å²) in [6.07, 6.45) is 3.50. The first kappa shape index (κ1) is 8.96. The number of rotatable bonds is 2. The number of nitrogens with zero attached hydrogens (tertiary/aromatic N) is 1. The standard InChI is InChI=1S/C9H8N2O2S/c1-13-9(12)6-2-8(14-5-6)7-3-10-11-4-7/h2-5H,1H3,(H,10,11). The first-order valence-corrected chi connectivity index (χ1v) is 4.85. The van der Waals surface area contributed by atoms with Gasteiger partial charge < -0.3 is 4.74 Å². The maximum atomic E-state index is 11.2. The van der Waals surface area contributed by atoms with Crippen LogP contribution >= 0.6 is 11.3 Å². The van der Waals surface area contributed by atoms with Crippen LogP contribution in [0.5, 0.6) is 0 Å². The number of hydrogen-bond donors (Lipinski definition) is 1. The highest BCUT2D eigenvalue weighted by atomic mass is 32.1. The molecule has 2 rings (SSSR count). The molecular weight excluding hydrogens is 200 g/mol. The summed E-state index contributed by atoms with van der Waals surface area (Å²) in [6, 6.07) is 1.79. The third-order valence-electron chi connectivity index (χ3n) is 1.80. The van der Waals surface area contributed by atoms with Gasteiger partial charge in [0.05, 0.1) is 18.9 Å². The first-order valence-electron chi connectivity index (χ1n) is 3.97. The second-order valence-electron chi connectivity index (χ2n) is 2.68. The van der Waals surface area contributed by atoms with Crippen molar-refractivity contribution in [3.63, 3.8) is 0 Å². The number of carbonyl (C=O) groups excluding carboxylic acids is 1. The number of methoxy groups -OCH3 is 1.